The number of imidazole rings is 1. The van der Waals surface area contributed by atoms with Crippen molar-refractivity contribution in [2.24, 2.45) is 0 Å². The lowest BCUT2D eigenvalue weighted by Crippen LogP contribution is -2.21. The van der Waals surface area contributed by atoms with Gasteiger partial charge in [-0.2, -0.15) is 5.26 Å². The third-order valence-corrected chi connectivity index (χ3v) is 5.14. The molecular weight excluding hydrogens is 422 g/mol. The molecule has 4 rings (SSSR count). The second-order valence-electron chi connectivity index (χ2n) is 6.97. The molecule has 4 aromatic rings. The Morgan fingerprint density at radius 3 is 2.34 bits per heavy atom. The highest BCUT2D eigenvalue weighted by atomic mass is 32.1. The van der Waals surface area contributed by atoms with Crippen molar-refractivity contribution in [1.82, 2.24) is 9.55 Å². The Morgan fingerprint density at radius 2 is 1.69 bits per heavy atom. The van der Waals surface area contributed by atoms with Gasteiger partial charge in [-0.15, -0.1) is 0 Å². The molecule has 1 heterocycles. The van der Waals surface area contributed by atoms with Crippen LogP contribution in [0, 0.1) is 11.3 Å². The molecule has 0 aliphatic heterocycles. The molecule has 2 N–H and O–H groups in total. The summed E-state index contributed by atoms with van der Waals surface area (Å²) in [6.45, 7) is 0.592. The number of nitrogens with zero attached hydrogens (tertiary/aromatic N) is 3. The van der Waals surface area contributed by atoms with Crippen molar-refractivity contribution in [2.75, 3.05) is 24.9 Å². The highest BCUT2D eigenvalue weighted by molar-refractivity contribution is 7.80. The van der Waals surface area contributed by atoms with Crippen LogP contribution in [0.4, 0.5) is 11.6 Å². The van der Waals surface area contributed by atoms with Crippen molar-refractivity contribution in [3.8, 4) is 17.6 Å². The first-order valence-corrected chi connectivity index (χ1v) is 10.3. The molecule has 0 atom stereocenters. The van der Waals surface area contributed by atoms with Crippen molar-refractivity contribution < 1.29 is 9.47 Å². The summed E-state index contributed by atoms with van der Waals surface area (Å²) in [5.41, 5.74) is 4.12. The molecule has 8 heteroatoms. The average molecular weight is 444 g/mol. The number of nitriles is 1. The number of thiocarbonyl (C=S) groups is 1. The molecule has 0 aliphatic rings. The minimum Gasteiger partial charge on any atom is -0.493 e. The molecule has 0 fully saturated rings. The van der Waals surface area contributed by atoms with Crippen molar-refractivity contribution in [2.45, 2.75) is 6.54 Å². The first kappa shape index (κ1) is 21.2. The molecule has 0 aliphatic carbocycles. The minimum atomic E-state index is 0.387. The van der Waals surface area contributed by atoms with E-state index >= 15 is 0 Å². The molecule has 1 aromatic heterocycles. The number of hydrogen-bond acceptors (Lipinski definition) is 5. The Morgan fingerprint density at radius 1 is 1.00 bits per heavy atom. The monoisotopic (exact) mass is 443 g/mol. The molecule has 7 nitrogen and oxygen atoms in total. The maximum Gasteiger partial charge on any atom is 0.210 e. The molecule has 3 aromatic carbocycles. The summed E-state index contributed by atoms with van der Waals surface area (Å²) in [6.07, 6.45) is 0. The minimum absolute atomic E-state index is 0.387. The summed E-state index contributed by atoms with van der Waals surface area (Å²) in [5.74, 6) is 1.82. The van der Waals surface area contributed by atoms with Crippen molar-refractivity contribution in [3.05, 3.63) is 77.9 Å². The zero-order chi connectivity index (χ0) is 22.5. The lowest BCUT2D eigenvalue weighted by Gasteiger charge is -2.13. The van der Waals surface area contributed by atoms with E-state index in [1.807, 2.05) is 34.9 Å². The average Bonchev–Trinajstić information content (AvgIpc) is 3.14. The van der Waals surface area contributed by atoms with Gasteiger partial charge in [0.25, 0.3) is 0 Å². The number of hydrogen-bond donors (Lipinski definition) is 2. The Kier molecular flexibility index (Phi) is 6.19. The molecule has 0 unspecified atom stereocenters. The number of benzene rings is 3. The highest BCUT2D eigenvalue weighted by Gasteiger charge is 2.16. The molecule has 0 amide bonds. The summed E-state index contributed by atoms with van der Waals surface area (Å²) >= 11 is 5.52. The van der Waals surface area contributed by atoms with Crippen LogP contribution in [0.1, 0.15) is 11.1 Å². The highest BCUT2D eigenvalue weighted by Crippen LogP contribution is 2.34. The standard InChI is InChI=1S/C24H21N5O2S/c1-30-21-12-19-20(13-22(21)31-2)29(15-17-6-4-3-5-7-17)23(27-19)28-24(32)26-18-10-8-16(14-25)9-11-18/h3-13H,15H2,1-2H3,(H2,26,27,28,32). The fourth-order valence-corrected chi connectivity index (χ4v) is 3.57. The van der Waals surface area contributed by atoms with Gasteiger partial charge < -0.3 is 24.7 Å². The number of fused-ring (bicyclic) bond motifs is 1. The molecule has 160 valence electrons. The molecule has 32 heavy (non-hydrogen) atoms. The van der Waals surface area contributed by atoms with E-state index in [9.17, 15) is 0 Å². The summed E-state index contributed by atoms with van der Waals surface area (Å²) in [5, 5.41) is 15.7. The maximum absolute atomic E-state index is 8.96. The quantitative estimate of drug-likeness (QED) is 0.415. The van der Waals surface area contributed by atoms with Crippen LogP contribution in [0.15, 0.2) is 66.7 Å². The third kappa shape index (κ3) is 4.48. The van der Waals surface area contributed by atoms with E-state index in [0.717, 1.165) is 22.3 Å². The van der Waals surface area contributed by atoms with Gasteiger partial charge in [0.2, 0.25) is 5.95 Å². The molecule has 0 saturated heterocycles. The zero-order valence-corrected chi connectivity index (χ0v) is 18.4. The van der Waals surface area contributed by atoms with Crippen LogP contribution in [-0.4, -0.2) is 28.9 Å². The first-order valence-electron chi connectivity index (χ1n) is 9.85. The number of ether oxygens (including phenoxy) is 2. The Bertz CT molecular complexity index is 1290. The Hall–Kier alpha value is -4.09. The van der Waals surface area contributed by atoms with Crippen molar-refractivity contribution in [3.63, 3.8) is 0 Å². The lowest BCUT2D eigenvalue weighted by atomic mass is 10.2. The number of rotatable bonds is 6. The van der Waals surface area contributed by atoms with E-state index in [2.05, 4.69) is 28.8 Å². The lowest BCUT2D eigenvalue weighted by molar-refractivity contribution is 0.355. The molecule has 0 saturated carbocycles. The van der Waals surface area contributed by atoms with E-state index in [4.69, 9.17) is 31.9 Å². The van der Waals surface area contributed by atoms with Crippen LogP contribution in [0.5, 0.6) is 11.5 Å². The fourth-order valence-electron chi connectivity index (χ4n) is 3.37. The van der Waals surface area contributed by atoms with Gasteiger partial charge in [-0.05, 0) is 42.0 Å². The van der Waals surface area contributed by atoms with Crippen molar-refractivity contribution in [1.29, 1.82) is 5.26 Å². The smallest absolute Gasteiger partial charge is 0.210 e. The van der Waals surface area contributed by atoms with Gasteiger partial charge in [-0.3, -0.25) is 0 Å². The second-order valence-corrected chi connectivity index (χ2v) is 7.38. The fraction of sp³-hybridized carbons (Fsp3) is 0.125. The normalized spacial score (nSPS) is 10.4. The Balaban J connectivity index is 1.68. The number of methoxy groups -OCH3 is 2. The van der Waals surface area contributed by atoms with E-state index < -0.39 is 0 Å². The van der Waals surface area contributed by atoms with Crippen LogP contribution >= 0.6 is 12.2 Å². The summed E-state index contributed by atoms with van der Waals surface area (Å²) in [4.78, 5) is 4.75. The maximum atomic E-state index is 8.96. The molecule has 0 bridgehead atoms. The predicted octanol–water partition coefficient (Wildman–Crippen LogP) is 4.78. The van der Waals surface area contributed by atoms with Gasteiger partial charge in [0, 0.05) is 17.8 Å². The van der Waals surface area contributed by atoms with E-state index in [1.165, 1.54) is 0 Å². The van der Waals surface area contributed by atoms with Gasteiger partial charge in [0.1, 0.15) is 0 Å². The summed E-state index contributed by atoms with van der Waals surface area (Å²) in [7, 11) is 3.21. The second kappa shape index (κ2) is 9.37. The van der Waals surface area contributed by atoms with E-state index in [-0.39, 0.29) is 0 Å². The molecule has 0 spiro atoms. The zero-order valence-electron chi connectivity index (χ0n) is 17.6. The van der Waals surface area contributed by atoms with Gasteiger partial charge >= 0.3 is 0 Å². The Labute approximate surface area is 191 Å². The van der Waals surface area contributed by atoms with Crippen molar-refractivity contribution >= 4 is 40.0 Å². The SMILES string of the molecule is COc1cc2nc(NC(=S)Nc3ccc(C#N)cc3)n(Cc3ccccc3)c2cc1OC. The van der Waals surface area contributed by atoms with Crippen LogP contribution < -0.4 is 20.1 Å². The van der Waals surface area contributed by atoms with Crippen LogP contribution in [0.3, 0.4) is 0 Å². The van der Waals surface area contributed by atoms with Gasteiger partial charge in [-0.25, -0.2) is 4.98 Å². The predicted molar refractivity (Wildman–Crippen MR) is 129 cm³/mol. The third-order valence-electron chi connectivity index (χ3n) is 4.93. The number of aromatic nitrogens is 2. The van der Waals surface area contributed by atoms with Gasteiger partial charge in [0.05, 0.1) is 43.4 Å². The van der Waals surface area contributed by atoms with Crippen LogP contribution in [0.2, 0.25) is 0 Å². The molecule has 0 radical (unpaired) electrons. The van der Waals surface area contributed by atoms with Crippen LogP contribution in [0.25, 0.3) is 11.0 Å². The molecular formula is C24H21N5O2S. The van der Waals surface area contributed by atoms with Crippen LogP contribution in [-0.2, 0) is 6.54 Å². The number of nitrogens with one attached hydrogen (secondary N) is 2. The topological polar surface area (TPSA) is 84.1 Å². The number of anilines is 2. The summed E-state index contributed by atoms with van der Waals surface area (Å²) in [6, 6.07) is 23.0. The van der Waals surface area contributed by atoms with Gasteiger partial charge in [-0.1, -0.05) is 30.3 Å². The largest absolute Gasteiger partial charge is 0.493 e. The van der Waals surface area contributed by atoms with E-state index in [1.54, 1.807) is 38.5 Å². The van der Waals surface area contributed by atoms with E-state index in [0.29, 0.717) is 34.7 Å². The first-order chi connectivity index (χ1) is 15.6. The van der Waals surface area contributed by atoms with Gasteiger partial charge in [0.15, 0.2) is 16.6 Å². The summed E-state index contributed by atoms with van der Waals surface area (Å²) < 4.78 is 13.0.